The number of hydrogen-bond donors (Lipinski definition) is 1. The van der Waals surface area contributed by atoms with Crippen molar-refractivity contribution in [3.05, 3.63) is 66.2 Å². The number of hydrogen-bond acceptors (Lipinski definition) is 5. The van der Waals surface area contributed by atoms with Crippen molar-refractivity contribution in [2.24, 2.45) is 0 Å². The lowest BCUT2D eigenvalue weighted by molar-refractivity contribution is -0.121. The lowest BCUT2D eigenvalue weighted by Gasteiger charge is -2.15. The molecule has 1 heterocycles. The van der Waals surface area contributed by atoms with Crippen molar-refractivity contribution in [2.45, 2.75) is 32.4 Å². The molecule has 0 radical (unpaired) electrons. The molecule has 2 aromatic carbocycles. The quantitative estimate of drug-likeness (QED) is 0.544. The maximum atomic E-state index is 12.4. The van der Waals surface area contributed by atoms with E-state index in [0.29, 0.717) is 23.6 Å². The predicted octanol–water partition coefficient (Wildman–Crippen LogP) is 4.76. The van der Waals surface area contributed by atoms with E-state index < -0.39 is 6.61 Å². The van der Waals surface area contributed by atoms with Crippen LogP contribution in [0.2, 0.25) is 0 Å². The summed E-state index contributed by atoms with van der Waals surface area (Å²) in [6.45, 7) is -1.12. The number of aromatic nitrogens is 1. The highest BCUT2D eigenvalue weighted by Gasteiger charge is 2.14. The van der Waals surface area contributed by atoms with Crippen molar-refractivity contribution >= 4 is 5.91 Å². The van der Waals surface area contributed by atoms with Crippen LogP contribution in [0.5, 0.6) is 11.5 Å². The van der Waals surface area contributed by atoms with Gasteiger partial charge in [-0.2, -0.15) is 8.78 Å². The van der Waals surface area contributed by atoms with Gasteiger partial charge >= 0.3 is 6.61 Å². The first-order valence-corrected chi connectivity index (χ1v) is 9.38. The van der Waals surface area contributed by atoms with Crippen LogP contribution in [0.25, 0.3) is 11.3 Å². The van der Waals surface area contributed by atoms with Crippen molar-refractivity contribution in [1.29, 1.82) is 0 Å². The Morgan fingerprint density at radius 3 is 2.63 bits per heavy atom. The van der Waals surface area contributed by atoms with E-state index in [-0.39, 0.29) is 24.1 Å². The molecule has 1 unspecified atom stereocenters. The lowest BCUT2D eigenvalue weighted by atomic mass is 10.1. The van der Waals surface area contributed by atoms with Gasteiger partial charge in [0.15, 0.2) is 11.7 Å². The van der Waals surface area contributed by atoms with Crippen LogP contribution in [0.3, 0.4) is 0 Å². The Labute approximate surface area is 172 Å². The maximum absolute atomic E-state index is 12.4. The number of rotatable bonds is 9. The van der Waals surface area contributed by atoms with Crippen LogP contribution in [0.15, 0.2) is 59.1 Å². The van der Waals surface area contributed by atoms with Gasteiger partial charge in [-0.05, 0) is 48.9 Å². The van der Waals surface area contributed by atoms with E-state index in [2.05, 4.69) is 15.0 Å². The normalized spacial score (nSPS) is 11.9. The molecule has 158 valence electrons. The van der Waals surface area contributed by atoms with Crippen molar-refractivity contribution in [3.8, 4) is 22.8 Å². The average Bonchev–Trinajstić information content (AvgIpc) is 3.21. The van der Waals surface area contributed by atoms with Crippen LogP contribution in [0.1, 0.15) is 30.8 Å². The SMILES string of the molecule is COc1ccc(-c2cnc(CCC(=O)NC(C)c3cccc(OC(F)F)c3)o2)cc1. The summed E-state index contributed by atoms with van der Waals surface area (Å²) >= 11 is 0. The summed E-state index contributed by atoms with van der Waals surface area (Å²) < 4.78 is 40.0. The first-order valence-electron chi connectivity index (χ1n) is 9.38. The number of nitrogens with zero attached hydrogens (tertiary/aromatic N) is 1. The zero-order valence-corrected chi connectivity index (χ0v) is 16.6. The van der Waals surface area contributed by atoms with Crippen molar-refractivity contribution < 1.29 is 27.5 Å². The van der Waals surface area contributed by atoms with Gasteiger partial charge in [0, 0.05) is 18.4 Å². The average molecular weight is 416 g/mol. The molecule has 6 nitrogen and oxygen atoms in total. The number of nitrogens with one attached hydrogen (secondary N) is 1. The van der Waals surface area contributed by atoms with Crippen LogP contribution in [-0.2, 0) is 11.2 Å². The Kier molecular flexibility index (Phi) is 7.00. The monoisotopic (exact) mass is 416 g/mol. The van der Waals surface area contributed by atoms with Crippen molar-refractivity contribution in [1.82, 2.24) is 10.3 Å². The summed E-state index contributed by atoms with van der Waals surface area (Å²) in [5.74, 6) is 1.66. The molecule has 1 atom stereocenters. The third-order valence-electron chi connectivity index (χ3n) is 4.45. The van der Waals surface area contributed by atoms with Gasteiger partial charge in [0.25, 0.3) is 0 Å². The first-order chi connectivity index (χ1) is 14.4. The molecule has 30 heavy (non-hydrogen) atoms. The largest absolute Gasteiger partial charge is 0.497 e. The third-order valence-corrected chi connectivity index (χ3v) is 4.45. The molecule has 0 bridgehead atoms. The number of methoxy groups -OCH3 is 1. The van der Waals surface area contributed by atoms with E-state index >= 15 is 0 Å². The number of carbonyl (C=O) groups excluding carboxylic acids is 1. The standard InChI is InChI=1S/C22H22F2N2O4/c1-14(16-4-3-5-18(12-16)29-22(23)24)26-20(27)10-11-21-25-13-19(30-21)15-6-8-17(28-2)9-7-15/h3-9,12-14,22H,10-11H2,1-2H3,(H,26,27). The van der Waals surface area contributed by atoms with Gasteiger partial charge in [-0.25, -0.2) is 4.98 Å². The molecule has 1 amide bonds. The fraction of sp³-hybridized carbons (Fsp3) is 0.273. The minimum atomic E-state index is -2.89. The van der Waals surface area contributed by atoms with Crippen LogP contribution < -0.4 is 14.8 Å². The summed E-state index contributed by atoms with van der Waals surface area (Å²) in [5.41, 5.74) is 1.53. The first kappa shape index (κ1) is 21.3. The highest BCUT2D eigenvalue weighted by molar-refractivity contribution is 5.76. The zero-order valence-electron chi connectivity index (χ0n) is 16.6. The number of alkyl halides is 2. The summed E-state index contributed by atoms with van der Waals surface area (Å²) in [6.07, 6.45) is 2.13. The summed E-state index contributed by atoms with van der Waals surface area (Å²) in [7, 11) is 1.60. The van der Waals surface area contributed by atoms with E-state index in [0.717, 1.165) is 11.3 Å². The molecular weight excluding hydrogens is 394 g/mol. The van der Waals surface area contributed by atoms with E-state index in [1.54, 1.807) is 32.4 Å². The Morgan fingerprint density at radius 2 is 1.93 bits per heavy atom. The molecule has 0 saturated carbocycles. The van der Waals surface area contributed by atoms with Crippen LogP contribution in [0, 0.1) is 0 Å². The molecule has 0 aliphatic rings. The number of oxazole rings is 1. The topological polar surface area (TPSA) is 73.6 Å². The van der Waals surface area contributed by atoms with Gasteiger partial charge in [0.2, 0.25) is 5.91 Å². The number of amides is 1. The molecule has 0 spiro atoms. The molecule has 1 aromatic heterocycles. The second-order valence-electron chi connectivity index (χ2n) is 6.59. The molecule has 0 fully saturated rings. The highest BCUT2D eigenvalue weighted by atomic mass is 19.3. The van der Waals surface area contributed by atoms with Gasteiger partial charge in [0.1, 0.15) is 11.5 Å². The molecule has 3 rings (SSSR count). The second kappa shape index (κ2) is 9.87. The zero-order chi connectivity index (χ0) is 21.5. The van der Waals surface area contributed by atoms with Gasteiger partial charge in [-0.3, -0.25) is 4.79 Å². The van der Waals surface area contributed by atoms with Gasteiger partial charge < -0.3 is 19.2 Å². The number of halogens is 2. The van der Waals surface area contributed by atoms with E-state index in [1.165, 1.54) is 12.1 Å². The summed E-state index contributed by atoms with van der Waals surface area (Å²) in [4.78, 5) is 16.5. The Hall–Kier alpha value is -3.42. The highest BCUT2D eigenvalue weighted by Crippen LogP contribution is 2.24. The molecule has 0 aliphatic heterocycles. The Balaban J connectivity index is 1.52. The second-order valence-corrected chi connectivity index (χ2v) is 6.59. The van der Waals surface area contributed by atoms with Crippen LogP contribution >= 0.6 is 0 Å². The van der Waals surface area contributed by atoms with Gasteiger partial charge in [-0.15, -0.1) is 0 Å². The Morgan fingerprint density at radius 1 is 1.17 bits per heavy atom. The number of carbonyl (C=O) groups is 1. The molecule has 3 aromatic rings. The van der Waals surface area contributed by atoms with Crippen molar-refractivity contribution in [2.75, 3.05) is 7.11 Å². The molecule has 0 aliphatic carbocycles. The number of benzene rings is 2. The molecular formula is C22H22F2N2O4. The summed E-state index contributed by atoms with van der Waals surface area (Å²) in [6, 6.07) is 13.3. The fourth-order valence-electron chi connectivity index (χ4n) is 2.89. The molecule has 0 saturated heterocycles. The fourth-order valence-corrected chi connectivity index (χ4v) is 2.89. The smallest absolute Gasteiger partial charge is 0.387 e. The van der Waals surface area contributed by atoms with Crippen LogP contribution in [-0.4, -0.2) is 24.6 Å². The summed E-state index contributed by atoms with van der Waals surface area (Å²) in [5, 5.41) is 2.83. The predicted molar refractivity (Wildman–Crippen MR) is 106 cm³/mol. The number of ether oxygens (including phenoxy) is 2. The third kappa shape index (κ3) is 5.79. The van der Waals surface area contributed by atoms with E-state index in [9.17, 15) is 13.6 Å². The van der Waals surface area contributed by atoms with E-state index in [4.69, 9.17) is 9.15 Å². The Bertz CT molecular complexity index is 973. The van der Waals surface area contributed by atoms with Crippen molar-refractivity contribution in [3.63, 3.8) is 0 Å². The molecule has 8 heteroatoms. The minimum absolute atomic E-state index is 0.0504. The van der Waals surface area contributed by atoms with Crippen LogP contribution in [0.4, 0.5) is 8.78 Å². The molecule has 1 N–H and O–H groups in total. The maximum Gasteiger partial charge on any atom is 0.387 e. The van der Waals surface area contributed by atoms with Gasteiger partial charge in [-0.1, -0.05) is 12.1 Å². The number of aryl methyl sites for hydroxylation is 1. The lowest BCUT2D eigenvalue weighted by Crippen LogP contribution is -2.26. The van der Waals surface area contributed by atoms with Gasteiger partial charge in [0.05, 0.1) is 19.3 Å². The van der Waals surface area contributed by atoms with E-state index in [1.807, 2.05) is 24.3 Å². The minimum Gasteiger partial charge on any atom is -0.497 e.